The number of rotatable bonds is 4. The maximum Gasteiger partial charge on any atom is 0.0726 e. The van der Waals surface area contributed by atoms with Crippen LogP contribution in [0.4, 0.5) is 17.1 Å². The van der Waals surface area contributed by atoms with Crippen LogP contribution in [0.2, 0.25) is 0 Å². The molecule has 3 aliphatic rings. The lowest BCUT2D eigenvalue weighted by Gasteiger charge is -2.33. The number of nitrogens with zero attached hydrogens (tertiary/aromatic N) is 1. The molecule has 1 spiro atoms. The average Bonchev–Trinajstić information content (AvgIpc) is 3.83. The lowest BCUT2D eigenvalue weighted by molar-refractivity contribution is 0.592. The summed E-state index contributed by atoms with van der Waals surface area (Å²) in [7, 11) is 0. The van der Waals surface area contributed by atoms with Gasteiger partial charge in [0, 0.05) is 22.4 Å². The molecular weight excluding hydrogens is 723 g/mol. The van der Waals surface area contributed by atoms with E-state index >= 15 is 0 Å². The van der Waals surface area contributed by atoms with E-state index in [-0.39, 0.29) is 10.8 Å². The van der Waals surface area contributed by atoms with Crippen molar-refractivity contribution in [1.29, 1.82) is 0 Å². The summed E-state index contributed by atoms with van der Waals surface area (Å²) in [5, 5.41) is 0. The van der Waals surface area contributed by atoms with Gasteiger partial charge >= 0.3 is 0 Å². The highest BCUT2D eigenvalue weighted by Gasteiger charge is 2.52. The van der Waals surface area contributed by atoms with Crippen molar-refractivity contribution in [3.63, 3.8) is 0 Å². The van der Waals surface area contributed by atoms with E-state index in [2.05, 4.69) is 222 Å². The van der Waals surface area contributed by atoms with Gasteiger partial charge in [-0.2, -0.15) is 0 Å². The first-order valence-electron chi connectivity index (χ1n) is 21.8. The second-order valence-corrected chi connectivity index (χ2v) is 18.1. The normalized spacial score (nSPS) is 14.3. The van der Waals surface area contributed by atoms with Crippen LogP contribution in [0, 0.1) is 6.92 Å². The number of hydrogen-bond donors (Lipinski definition) is 0. The van der Waals surface area contributed by atoms with Gasteiger partial charge in [-0.05, 0) is 126 Å². The molecule has 8 aromatic carbocycles. The summed E-state index contributed by atoms with van der Waals surface area (Å²) >= 11 is 0. The molecule has 1 heteroatoms. The summed E-state index contributed by atoms with van der Waals surface area (Å²) in [5.74, 6) is 0. The largest absolute Gasteiger partial charge is 0.310 e. The molecule has 0 bridgehead atoms. The third-order valence-electron chi connectivity index (χ3n) is 13.6. The van der Waals surface area contributed by atoms with Gasteiger partial charge in [0.05, 0.1) is 11.1 Å². The van der Waals surface area contributed by atoms with E-state index in [1.807, 2.05) is 13.8 Å². The standard InChI is InChI=1S/C57H47N.C2H6/c1-36-18-7-8-19-39(36)43-32-30-37(34-51(43)55(2,3)4)58(38-31-33-44-40-20-9-13-24-46(40)56(5,6)52(44)35-38)53-29-17-28-50-54(53)45-23-12-16-27-49(45)57(50)47-25-14-10-21-41(47)42-22-11-15-26-48(42)57;1-2/h7-35H,1-6H3;1-2H3. The van der Waals surface area contributed by atoms with Crippen molar-refractivity contribution in [2.75, 3.05) is 4.90 Å². The van der Waals surface area contributed by atoms with Gasteiger partial charge < -0.3 is 4.90 Å². The molecule has 0 aromatic heterocycles. The van der Waals surface area contributed by atoms with Crippen molar-refractivity contribution in [1.82, 2.24) is 0 Å². The number of hydrogen-bond acceptors (Lipinski definition) is 1. The Morgan fingerprint density at radius 2 is 0.850 bits per heavy atom. The Balaban J connectivity index is 0.00000213. The fraction of sp³-hybridized carbons (Fsp3) is 0.186. The van der Waals surface area contributed by atoms with E-state index in [9.17, 15) is 0 Å². The van der Waals surface area contributed by atoms with Gasteiger partial charge in [-0.1, -0.05) is 194 Å². The zero-order valence-electron chi connectivity index (χ0n) is 36.2. The molecule has 0 N–H and O–H groups in total. The highest BCUT2D eigenvalue weighted by molar-refractivity contribution is 6.01. The average molecular weight is 776 g/mol. The third-order valence-corrected chi connectivity index (χ3v) is 13.6. The SMILES string of the molecule is CC.Cc1ccccc1-c1ccc(N(c2ccc3c(c2)C(C)(C)c2ccccc2-3)c2cccc3c2-c2ccccc2C32c3ccccc3-c3ccccc32)cc1C(C)(C)C. The minimum Gasteiger partial charge on any atom is -0.310 e. The molecule has 3 aliphatic carbocycles. The maximum atomic E-state index is 2.57. The fourth-order valence-corrected chi connectivity index (χ4v) is 11.0. The summed E-state index contributed by atoms with van der Waals surface area (Å²) < 4.78 is 0. The molecular formula is C59H53N. The summed E-state index contributed by atoms with van der Waals surface area (Å²) in [6, 6.07) is 66.6. The highest BCUT2D eigenvalue weighted by Crippen LogP contribution is 2.65. The maximum absolute atomic E-state index is 2.57. The lowest BCUT2D eigenvalue weighted by atomic mass is 9.70. The van der Waals surface area contributed by atoms with Gasteiger partial charge in [0.15, 0.2) is 0 Å². The van der Waals surface area contributed by atoms with E-state index in [0.717, 1.165) is 5.69 Å². The molecule has 0 fully saturated rings. The molecule has 0 radical (unpaired) electrons. The Kier molecular flexibility index (Phi) is 8.71. The number of aryl methyl sites for hydroxylation is 1. The van der Waals surface area contributed by atoms with Crippen LogP contribution in [0.1, 0.15) is 93.0 Å². The Hall–Kier alpha value is -6.44. The summed E-state index contributed by atoms with van der Waals surface area (Å²) in [6.45, 7) is 18.0. The Labute approximate surface area is 357 Å². The van der Waals surface area contributed by atoms with Crippen molar-refractivity contribution >= 4 is 17.1 Å². The summed E-state index contributed by atoms with van der Waals surface area (Å²) in [4.78, 5) is 2.57. The van der Waals surface area contributed by atoms with Crippen molar-refractivity contribution < 1.29 is 0 Å². The van der Waals surface area contributed by atoms with Crippen molar-refractivity contribution in [2.24, 2.45) is 0 Å². The van der Waals surface area contributed by atoms with Crippen LogP contribution in [-0.4, -0.2) is 0 Å². The monoisotopic (exact) mass is 775 g/mol. The van der Waals surface area contributed by atoms with Crippen molar-refractivity contribution in [3.05, 3.63) is 220 Å². The number of fused-ring (bicyclic) bond motifs is 13. The minimum absolute atomic E-state index is 0.104. The molecule has 8 aromatic rings. The quantitative estimate of drug-likeness (QED) is 0.172. The zero-order valence-corrected chi connectivity index (χ0v) is 36.2. The van der Waals surface area contributed by atoms with Gasteiger partial charge in [0.2, 0.25) is 0 Å². The molecule has 0 aliphatic heterocycles. The minimum atomic E-state index is -0.423. The molecule has 294 valence electrons. The number of anilines is 3. The van der Waals surface area contributed by atoms with E-state index in [1.165, 1.54) is 100 Å². The van der Waals surface area contributed by atoms with E-state index in [4.69, 9.17) is 0 Å². The van der Waals surface area contributed by atoms with E-state index in [1.54, 1.807) is 0 Å². The second-order valence-electron chi connectivity index (χ2n) is 18.1. The van der Waals surface area contributed by atoms with Crippen LogP contribution >= 0.6 is 0 Å². The highest BCUT2D eigenvalue weighted by atomic mass is 15.1. The Bertz CT molecular complexity index is 2940. The topological polar surface area (TPSA) is 3.24 Å². The van der Waals surface area contributed by atoms with Crippen LogP contribution in [0.15, 0.2) is 176 Å². The molecule has 60 heavy (non-hydrogen) atoms. The van der Waals surface area contributed by atoms with Gasteiger partial charge in [-0.3, -0.25) is 0 Å². The first-order valence-corrected chi connectivity index (χ1v) is 21.8. The fourth-order valence-electron chi connectivity index (χ4n) is 11.0. The molecule has 11 rings (SSSR count). The number of benzene rings is 8. The molecule has 0 saturated heterocycles. The third kappa shape index (κ3) is 5.24. The van der Waals surface area contributed by atoms with Crippen LogP contribution in [0.5, 0.6) is 0 Å². The molecule has 0 saturated carbocycles. The van der Waals surface area contributed by atoms with Gasteiger partial charge in [-0.15, -0.1) is 0 Å². The summed E-state index contributed by atoms with van der Waals surface area (Å²) in [6.07, 6.45) is 0. The predicted octanol–water partition coefficient (Wildman–Crippen LogP) is 16.1. The summed E-state index contributed by atoms with van der Waals surface area (Å²) in [5.41, 5.74) is 24.2. The van der Waals surface area contributed by atoms with Crippen molar-refractivity contribution in [2.45, 2.75) is 71.6 Å². The van der Waals surface area contributed by atoms with Crippen LogP contribution in [0.25, 0.3) is 44.5 Å². The van der Waals surface area contributed by atoms with Gasteiger partial charge in [0.25, 0.3) is 0 Å². The van der Waals surface area contributed by atoms with Gasteiger partial charge in [0.1, 0.15) is 0 Å². The molecule has 1 nitrogen and oxygen atoms in total. The van der Waals surface area contributed by atoms with Crippen LogP contribution < -0.4 is 4.90 Å². The van der Waals surface area contributed by atoms with Crippen molar-refractivity contribution in [3.8, 4) is 44.5 Å². The molecule has 0 amide bonds. The molecule has 0 heterocycles. The smallest absolute Gasteiger partial charge is 0.0726 e. The molecule has 0 atom stereocenters. The van der Waals surface area contributed by atoms with E-state index in [0.29, 0.717) is 0 Å². The Morgan fingerprint density at radius 1 is 0.400 bits per heavy atom. The lowest BCUT2D eigenvalue weighted by Crippen LogP contribution is -2.26. The predicted molar refractivity (Wildman–Crippen MR) is 255 cm³/mol. The van der Waals surface area contributed by atoms with E-state index < -0.39 is 5.41 Å². The molecule has 0 unspecified atom stereocenters. The van der Waals surface area contributed by atoms with Crippen LogP contribution in [0.3, 0.4) is 0 Å². The first-order chi connectivity index (χ1) is 29.1. The van der Waals surface area contributed by atoms with Crippen LogP contribution in [-0.2, 0) is 16.2 Å². The zero-order chi connectivity index (χ0) is 41.6. The second kappa shape index (κ2) is 13.8. The Morgan fingerprint density at radius 3 is 1.45 bits per heavy atom. The van der Waals surface area contributed by atoms with Gasteiger partial charge in [-0.25, -0.2) is 0 Å². The first kappa shape index (κ1) is 37.8.